The number of hydrogen-bond donors (Lipinski definition) is 1. The first-order chi connectivity index (χ1) is 8.49. The van der Waals surface area contributed by atoms with Gasteiger partial charge in [-0.15, -0.1) is 0 Å². The molecule has 0 radical (unpaired) electrons. The van der Waals surface area contributed by atoms with Crippen LogP contribution in [0.5, 0.6) is 17.2 Å². The Kier molecular flexibility index (Phi) is 4.59. The molecule has 0 saturated heterocycles. The van der Waals surface area contributed by atoms with Crippen LogP contribution in [-0.2, 0) is 0 Å². The summed E-state index contributed by atoms with van der Waals surface area (Å²) in [6.45, 7) is 5.93. The molecule has 0 bridgehead atoms. The summed E-state index contributed by atoms with van der Waals surface area (Å²) in [5, 5.41) is 0. The van der Waals surface area contributed by atoms with Crippen LogP contribution < -0.4 is 19.9 Å². The number of hydrogen-bond acceptors (Lipinski definition) is 4. The fourth-order valence-electron chi connectivity index (χ4n) is 1.36. The van der Waals surface area contributed by atoms with E-state index in [1.165, 1.54) is 26.4 Å². The van der Waals surface area contributed by atoms with E-state index in [4.69, 9.17) is 19.9 Å². The van der Waals surface area contributed by atoms with E-state index < -0.39 is 5.91 Å². The SMILES string of the molecule is C=C(C)COc1c(OC)cc(C(N)=O)cc1OC. The monoisotopic (exact) mass is 251 g/mol. The van der Waals surface area contributed by atoms with Crippen molar-refractivity contribution in [1.82, 2.24) is 0 Å². The van der Waals surface area contributed by atoms with Gasteiger partial charge in [0.25, 0.3) is 0 Å². The average molecular weight is 251 g/mol. The van der Waals surface area contributed by atoms with E-state index >= 15 is 0 Å². The molecule has 0 unspecified atom stereocenters. The van der Waals surface area contributed by atoms with Crippen LogP contribution in [0, 0.1) is 0 Å². The number of rotatable bonds is 6. The number of carbonyl (C=O) groups excluding carboxylic acids is 1. The van der Waals surface area contributed by atoms with E-state index in [-0.39, 0.29) is 0 Å². The maximum absolute atomic E-state index is 11.2. The molecule has 0 aliphatic carbocycles. The summed E-state index contributed by atoms with van der Waals surface area (Å²) in [6.07, 6.45) is 0. The molecular formula is C13H17NO4. The van der Waals surface area contributed by atoms with Crippen LogP contribution in [0.25, 0.3) is 0 Å². The molecule has 1 aromatic rings. The highest BCUT2D eigenvalue weighted by Gasteiger charge is 2.16. The van der Waals surface area contributed by atoms with Gasteiger partial charge in [-0.1, -0.05) is 6.58 Å². The first kappa shape index (κ1) is 13.9. The number of amides is 1. The normalized spacial score (nSPS) is 9.72. The topological polar surface area (TPSA) is 70.8 Å². The van der Waals surface area contributed by atoms with Crippen LogP contribution in [0.4, 0.5) is 0 Å². The molecule has 0 fully saturated rings. The maximum atomic E-state index is 11.2. The van der Waals surface area contributed by atoms with Crippen LogP contribution in [0.2, 0.25) is 0 Å². The van der Waals surface area contributed by atoms with Crippen molar-refractivity contribution in [3.05, 3.63) is 29.8 Å². The second-order valence-electron chi connectivity index (χ2n) is 3.82. The zero-order valence-corrected chi connectivity index (χ0v) is 10.8. The molecule has 5 nitrogen and oxygen atoms in total. The van der Waals surface area contributed by atoms with E-state index in [1.807, 2.05) is 6.92 Å². The van der Waals surface area contributed by atoms with Gasteiger partial charge >= 0.3 is 0 Å². The van der Waals surface area contributed by atoms with Gasteiger partial charge in [0.15, 0.2) is 11.5 Å². The van der Waals surface area contributed by atoms with Crippen molar-refractivity contribution in [3.8, 4) is 17.2 Å². The highest BCUT2D eigenvalue weighted by molar-refractivity contribution is 5.94. The summed E-state index contributed by atoms with van der Waals surface area (Å²) in [4.78, 5) is 11.2. The lowest BCUT2D eigenvalue weighted by atomic mass is 10.1. The number of primary amides is 1. The van der Waals surface area contributed by atoms with Gasteiger partial charge < -0.3 is 19.9 Å². The minimum atomic E-state index is -0.557. The van der Waals surface area contributed by atoms with Crippen molar-refractivity contribution in [2.75, 3.05) is 20.8 Å². The molecule has 18 heavy (non-hydrogen) atoms. The second-order valence-corrected chi connectivity index (χ2v) is 3.82. The standard InChI is InChI=1S/C13H17NO4/c1-8(2)7-18-12-10(16-3)5-9(13(14)15)6-11(12)17-4/h5-6H,1,7H2,2-4H3,(H2,14,15). The first-order valence-corrected chi connectivity index (χ1v) is 5.32. The van der Waals surface area contributed by atoms with Crippen LogP contribution in [0.3, 0.4) is 0 Å². The van der Waals surface area contributed by atoms with Crippen molar-refractivity contribution in [1.29, 1.82) is 0 Å². The summed E-state index contributed by atoms with van der Waals surface area (Å²) in [5.41, 5.74) is 6.39. The number of benzene rings is 1. The molecule has 0 heterocycles. The van der Waals surface area contributed by atoms with E-state index in [2.05, 4.69) is 6.58 Å². The predicted octanol–water partition coefficient (Wildman–Crippen LogP) is 1.76. The van der Waals surface area contributed by atoms with Gasteiger partial charge in [0, 0.05) is 5.56 Å². The van der Waals surface area contributed by atoms with Gasteiger partial charge in [0.1, 0.15) is 6.61 Å². The lowest BCUT2D eigenvalue weighted by molar-refractivity contribution is 0.0999. The smallest absolute Gasteiger partial charge is 0.248 e. The zero-order valence-electron chi connectivity index (χ0n) is 10.8. The van der Waals surface area contributed by atoms with Crippen molar-refractivity contribution >= 4 is 5.91 Å². The van der Waals surface area contributed by atoms with E-state index in [0.29, 0.717) is 29.4 Å². The first-order valence-electron chi connectivity index (χ1n) is 5.32. The Bertz CT molecular complexity index is 443. The highest BCUT2D eigenvalue weighted by atomic mass is 16.5. The molecule has 5 heteroatoms. The third-order valence-electron chi connectivity index (χ3n) is 2.21. The Balaban J connectivity index is 3.21. The Morgan fingerprint density at radius 1 is 1.28 bits per heavy atom. The summed E-state index contributed by atoms with van der Waals surface area (Å²) < 4.78 is 15.9. The zero-order chi connectivity index (χ0) is 13.7. The molecule has 0 aliphatic heterocycles. The van der Waals surface area contributed by atoms with Gasteiger partial charge in [-0.25, -0.2) is 0 Å². The summed E-state index contributed by atoms with van der Waals surface area (Å²) >= 11 is 0. The third-order valence-corrected chi connectivity index (χ3v) is 2.21. The van der Waals surface area contributed by atoms with Crippen molar-refractivity contribution in [2.45, 2.75) is 6.92 Å². The summed E-state index contributed by atoms with van der Waals surface area (Å²) in [7, 11) is 2.96. The predicted molar refractivity (Wildman–Crippen MR) is 68.4 cm³/mol. The molecule has 0 spiro atoms. The molecular weight excluding hydrogens is 234 g/mol. The molecule has 98 valence electrons. The van der Waals surface area contributed by atoms with Gasteiger partial charge in [-0.3, -0.25) is 4.79 Å². The minimum absolute atomic E-state index is 0.298. The second kappa shape index (κ2) is 5.95. The van der Waals surface area contributed by atoms with Crippen molar-refractivity contribution in [3.63, 3.8) is 0 Å². The molecule has 1 rings (SSSR count). The largest absolute Gasteiger partial charge is 0.493 e. The molecule has 1 amide bonds. The summed E-state index contributed by atoms with van der Waals surface area (Å²) in [6, 6.07) is 3.03. The fraction of sp³-hybridized carbons (Fsp3) is 0.308. The number of nitrogens with two attached hydrogens (primary N) is 1. The van der Waals surface area contributed by atoms with E-state index in [1.54, 1.807) is 0 Å². The molecule has 1 aromatic carbocycles. The van der Waals surface area contributed by atoms with Gasteiger partial charge in [-0.2, -0.15) is 0 Å². The molecule has 0 aromatic heterocycles. The minimum Gasteiger partial charge on any atom is -0.493 e. The van der Waals surface area contributed by atoms with Crippen molar-refractivity contribution in [2.24, 2.45) is 5.73 Å². The summed E-state index contributed by atoms with van der Waals surface area (Å²) in [5.74, 6) is 0.653. The third kappa shape index (κ3) is 3.16. The van der Waals surface area contributed by atoms with Crippen molar-refractivity contribution < 1.29 is 19.0 Å². The van der Waals surface area contributed by atoms with Gasteiger partial charge in [0.05, 0.1) is 14.2 Å². The number of carbonyl (C=O) groups is 1. The van der Waals surface area contributed by atoms with E-state index in [0.717, 1.165) is 5.57 Å². The average Bonchev–Trinajstić information content (AvgIpc) is 2.34. The number of ether oxygens (including phenoxy) is 3. The Hall–Kier alpha value is -2.17. The van der Waals surface area contributed by atoms with Crippen LogP contribution >= 0.6 is 0 Å². The van der Waals surface area contributed by atoms with E-state index in [9.17, 15) is 4.79 Å². The Morgan fingerprint density at radius 2 is 1.78 bits per heavy atom. The van der Waals surface area contributed by atoms with Gasteiger partial charge in [-0.05, 0) is 24.6 Å². The quantitative estimate of drug-likeness (QED) is 0.782. The lowest BCUT2D eigenvalue weighted by Crippen LogP contribution is -2.12. The highest BCUT2D eigenvalue weighted by Crippen LogP contribution is 2.38. The molecule has 0 saturated carbocycles. The Labute approximate surface area is 106 Å². The molecule has 0 atom stereocenters. The number of methoxy groups -OCH3 is 2. The molecule has 2 N–H and O–H groups in total. The lowest BCUT2D eigenvalue weighted by Gasteiger charge is -2.15. The molecule has 0 aliphatic rings. The fourth-order valence-corrected chi connectivity index (χ4v) is 1.36. The maximum Gasteiger partial charge on any atom is 0.248 e. The van der Waals surface area contributed by atoms with Crippen LogP contribution in [-0.4, -0.2) is 26.7 Å². The Morgan fingerprint density at radius 3 is 2.11 bits per heavy atom. The van der Waals surface area contributed by atoms with Crippen LogP contribution in [0.1, 0.15) is 17.3 Å². The van der Waals surface area contributed by atoms with Crippen LogP contribution in [0.15, 0.2) is 24.3 Å². The van der Waals surface area contributed by atoms with Gasteiger partial charge in [0.2, 0.25) is 11.7 Å².